The van der Waals surface area contributed by atoms with Crippen LogP contribution in [-0.4, -0.2) is 68.0 Å². The predicted molar refractivity (Wildman–Crippen MR) is 162 cm³/mol. The highest BCUT2D eigenvalue weighted by atomic mass is 32.1. The lowest BCUT2D eigenvalue weighted by atomic mass is 9.94. The van der Waals surface area contributed by atoms with Gasteiger partial charge < -0.3 is 23.8 Å². The summed E-state index contributed by atoms with van der Waals surface area (Å²) in [6.45, 7) is 6.14. The van der Waals surface area contributed by atoms with E-state index in [9.17, 15) is 14.4 Å². The van der Waals surface area contributed by atoms with Crippen LogP contribution in [0.15, 0.2) is 69.6 Å². The van der Waals surface area contributed by atoms with Crippen LogP contribution in [-0.2, 0) is 19.1 Å². The van der Waals surface area contributed by atoms with Gasteiger partial charge in [0.15, 0.2) is 11.4 Å². The van der Waals surface area contributed by atoms with Crippen molar-refractivity contribution in [3.63, 3.8) is 0 Å². The molecule has 43 heavy (non-hydrogen) atoms. The van der Waals surface area contributed by atoms with Crippen LogP contribution in [0.2, 0.25) is 0 Å². The highest BCUT2D eigenvalue weighted by Crippen LogP contribution is 2.33. The fourth-order valence-corrected chi connectivity index (χ4v) is 6.13. The maximum atomic E-state index is 13.9. The molecule has 10 nitrogen and oxygen atoms in total. The average Bonchev–Trinajstić information content (AvgIpc) is 3.34. The Balaban J connectivity index is 1.49. The molecule has 2 aliphatic rings. The van der Waals surface area contributed by atoms with E-state index in [2.05, 4.69) is 0 Å². The summed E-state index contributed by atoms with van der Waals surface area (Å²) in [7, 11) is 1.58. The van der Waals surface area contributed by atoms with Crippen molar-refractivity contribution in [1.29, 1.82) is 0 Å². The van der Waals surface area contributed by atoms with E-state index < -0.39 is 12.0 Å². The number of ether oxygens (including phenoxy) is 4. The van der Waals surface area contributed by atoms with Crippen molar-refractivity contribution in [3.8, 4) is 11.5 Å². The lowest BCUT2D eigenvalue weighted by Gasteiger charge is -2.26. The van der Waals surface area contributed by atoms with Crippen molar-refractivity contribution in [2.45, 2.75) is 32.7 Å². The summed E-state index contributed by atoms with van der Waals surface area (Å²) < 4.78 is 24.0. The number of fused-ring (bicyclic) bond motifs is 1. The van der Waals surface area contributed by atoms with E-state index in [1.165, 1.54) is 11.3 Å². The smallest absolute Gasteiger partial charge is 0.338 e. The molecule has 2 aliphatic heterocycles. The second-order valence-electron chi connectivity index (χ2n) is 10.0. The number of aromatic nitrogens is 1. The molecule has 11 heteroatoms. The molecular weight excluding hydrogens is 570 g/mol. The summed E-state index contributed by atoms with van der Waals surface area (Å²) in [6.07, 6.45) is 3.13. The predicted octanol–water partition coefficient (Wildman–Crippen LogP) is 2.82. The van der Waals surface area contributed by atoms with Crippen molar-refractivity contribution < 1.29 is 28.5 Å². The molecule has 0 spiro atoms. The van der Waals surface area contributed by atoms with Crippen LogP contribution in [0.3, 0.4) is 0 Å². The first kappa shape index (κ1) is 30.2. The summed E-state index contributed by atoms with van der Waals surface area (Å²) in [5, 5.41) is 0. The first-order valence-electron chi connectivity index (χ1n) is 14.4. The monoisotopic (exact) mass is 605 g/mol. The van der Waals surface area contributed by atoms with Crippen molar-refractivity contribution in [1.82, 2.24) is 9.47 Å². The molecule has 0 aliphatic carbocycles. The van der Waals surface area contributed by atoms with Gasteiger partial charge in [-0.15, -0.1) is 0 Å². The van der Waals surface area contributed by atoms with Crippen LogP contribution >= 0.6 is 11.3 Å². The number of allylic oxidation sites excluding steroid dienone is 1. The van der Waals surface area contributed by atoms with Gasteiger partial charge >= 0.3 is 5.97 Å². The Labute approximate surface area is 253 Å². The zero-order valence-corrected chi connectivity index (χ0v) is 25.4. The highest BCUT2D eigenvalue weighted by Gasteiger charge is 2.34. The molecule has 1 amide bonds. The number of hydrogen-bond donors (Lipinski definition) is 0. The van der Waals surface area contributed by atoms with Gasteiger partial charge in [-0.3, -0.25) is 14.2 Å². The summed E-state index contributed by atoms with van der Waals surface area (Å²) in [6, 6.07) is 13.9. The Morgan fingerprint density at radius 1 is 1.09 bits per heavy atom. The Hall–Kier alpha value is -4.22. The van der Waals surface area contributed by atoms with Gasteiger partial charge in [-0.05, 0) is 54.8 Å². The van der Waals surface area contributed by atoms with E-state index in [1.807, 2.05) is 43.3 Å². The molecular formula is C32H35N3O7S. The molecule has 0 saturated carbocycles. The van der Waals surface area contributed by atoms with Crippen molar-refractivity contribution >= 4 is 29.3 Å². The number of nitrogens with zero attached hydrogens (tertiary/aromatic N) is 3. The van der Waals surface area contributed by atoms with Crippen LogP contribution < -0.4 is 24.4 Å². The van der Waals surface area contributed by atoms with Crippen molar-refractivity contribution in [3.05, 3.63) is 90.6 Å². The minimum Gasteiger partial charge on any atom is -0.497 e. The van der Waals surface area contributed by atoms with Gasteiger partial charge in [0.25, 0.3) is 11.5 Å². The lowest BCUT2D eigenvalue weighted by molar-refractivity contribution is -0.139. The second kappa shape index (κ2) is 13.8. The first-order valence-corrected chi connectivity index (χ1v) is 15.2. The second-order valence-corrected chi connectivity index (χ2v) is 11.1. The number of esters is 1. The Bertz CT molecular complexity index is 1680. The zero-order valence-electron chi connectivity index (χ0n) is 24.5. The van der Waals surface area contributed by atoms with Gasteiger partial charge in [-0.2, -0.15) is 0 Å². The third-order valence-corrected chi connectivity index (χ3v) is 8.19. The zero-order chi connectivity index (χ0) is 30.3. The quantitative estimate of drug-likeness (QED) is 0.327. The van der Waals surface area contributed by atoms with E-state index in [1.54, 1.807) is 41.7 Å². The number of hydrogen-bond acceptors (Lipinski definition) is 9. The lowest BCUT2D eigenvalue weighted by Crippen LogP contribution is -2.42. The van der Waals surface area contributed by atoms with Gasteiger partial charge in [0.2, 0.25) is 0 Å². The topological polar surface area (TPSA) is 109 Å². The van der Waals surface area contributed by atoms with Gasteiger partial charge in [-0.1, -0.05) is 48.9 Å². The minimum absolute atomic E-state index is 0.0505. The SMILES string of the molecule is CCCC1=C(C(=O)OCC)[C@H](c2cccc(OC)c2)n2c(s/c(=C/c3ccc(OCC(=O)N4CCOCC4)cc3)c2=O)=N1. The maximum Gasteiger partial charge on any atom is 0.338 e. The highest BCUT2D eigenvalue weighted by molar-refractivity contribution is 7.07. The molecule has 1 saturated heterocycles. The van der Waals surface area contributed by atoms with Gasteiger partial charge in [0, 0.05) is 13.1 Å². The van der Waals surface area contributed by atoms with Crippen LogP contribution in [0.4, 0.5) is 0 Å². The third kappa shape index (κ3) is 6.73. The van der Waals surface area contributed by atoms with Gasteiger partial charge in [0.05, 0.1) is 48.8 Å². The molecule has 1 atom stereocenters. The number of carbonyl (C=O) groups is 2. The number of carbonyl (C=O) groups excluding carboxylic acids is 2. The van der Waals surface area contributed by atoms with E-state index in [0.717, 1.165) is 17.5 Å². The molecule has 0 radical (unpaired) electrons. The summed E-state index contributed by atoms with van der Waals surface area (Å²) in [5.41, 5.74) is 2.24. The molecule has 1 fully saturated rings. The Morgan fingerprint density at radius 2 is 1.86 bits per heavy atom. The number of benzene rings is 2. The van der Waals surface area contributed by atoms with Crippen LogP contribution in [0.5, 0.6) is 11.5 Å². The third-order valence-electron chi connectivity index (χ3n) is 7.21. The first-order chi connectivity index (χ1) is 20.9. The van der Waals surface area contributed by atoms with Gasteiger partial charge in [-0.25, -0.2) is 9.79 Å². The molecule has 226 valence electrons. The van der Waals surface area contributed by atoms with Crippen LogP contribution in [0, 0.1) is 0 Å². The standard InChI is InChI=1S/C32H35N3O7S/c1-4-7-25-28(31(38)41-5-2)29(22-8-6-9-24(19-22)39-3)35-30(37)26(43-32(35)33-25)18-21-10-12-23(13-11-21)42-20-27(36)34-14-16-40-17-15-34/h6,8-13,18-19,29H,4-5,7,14-17,20H2,1-3H3/b26-18+/t29-/m0/s1. The van der Waals surface area contributed by atoms with E-state index >= 15 is 0 Å². The molecule has 0 bridgehead atoms. The normalized spacial score (nSPS) is 16.9. The van der Waals surface area contributed by atoms with Crippen molar-refractivity contribution in [2.24, 2.45) is 4.99 Å². The van der Waals surface area contributed by atoms with E-state index in [-0.39, 0.29) is 24.7 Å². The van der Waals surface area contributed by atoms with Crippen LogP contribution in [0.25, 0.3) is 6.08 Å². The molecule has 2 aromatic carbocycles. The number of thiazole rings is 1. The molecule has 1 aromatic heterocycles. The number of methoxy groups -OCH3 is 1. The van der Waals surface area contributed by atoms with E-state index in [0.29, 0.717) is 64.8 Å². The molecule has 3 aromatic rings. The number of rotatable bonds is 10. The summed E-state index contributed by atoms with van der Waals surface area (Å²) in [5.74, 6) is 0.607. The Morgan fingerprint density at radius 3 is 2.56 bits per heavy atom. The molecule has 0 unspecified atom stereocenters. The number of amides is 1. The summed E-state index contributed by atoms with van der Waals surface area (Å²) >= 11 is 1.28. The van der Waals surface area contributed by atoms with Crippen molar-refractivity contribution in [2.75, 3.05) is 46.6 Å². The maximum absolute atomic E-state index is 13.9. The van der Waals surface area contributed by atoms with Crippen LogP contribution in [0.1, 0.15) is 43.9 Å². The molecule has 3 heterocycles. The average molecular weight is 606 g/mol. The fraction of sp³-hybridized carbons (Fsp3) is 0.375. The summed E-state index contributed by atoms with van der Waals surface area (Å²) in [4.78, 5) is 46.7. The molecule has 0 N–H and O–H groups in total. The number of morpholine rings is 1. The Kier molecular flexibility index (Phi) is 9.73. The van der Waals surface area contributed by atoms with Gasteiger partial charge in [0.1, 0.15) is 11.5 Å². The fourth-order valence-electron chi connectivity index (χ4n) is 5.11. The molecule has 5 rings (SSSR count). The van der Waals surface area contributed by atoms with E-state index in [4.69, 9.17) is 23.9 Å². The minimum atomic E-state index is -0.714. The largest absolute Gasteiger partial charge is 0.497 e.